The predicted octanol–water partition coefficient (Wildman–Crippen LogP) is 3.74. The highest BCUT2D eigenvalue weighted by Crippen LogP contribution is 2.24. The summed E-state index contributed by atoms with van der Waals surface area (Å²) in [7, 11) is 0. The Morgan fingerprint density at radius 1 is 1.10 bits per heavy atom. The number of nitrogens with one attached hydrogen (secondary N) is 1. The molecule has 0 bridgehead atoms. The number of hydrogen-bond acceptors (Lipinski definition) is 3. The fraction of sp³-hybridized carbons (Fsp3) is 0.333. The number of aryl methyl sites for hydroxylation is 2. The molecule has 0 spiro atoms. The summed E-state index contributed by atoms with van der Waals surface area (Å²) in [4.78, 5) is 0. The van der Waals surface area contributed by atoms with Gasteiger partial charge in [-0.05, 0) is 44.5 Å². The summed E-state index contributed by atoms with van der Waals surface area (Å²) in [6, 6.07) is 13.8. The highest BCUT2D eigenvalue weighted by molar-refractivity contribution is 5.37. The molecule has 0 saturated carbocycles. The number of benzene rings is 2. The normalized spacial score (nSPS) is 12.1. The largest absolute Gasteiger partial charge is 0.508 e. The molecule has 3 heteroatoms. The third-order valence-corrected chi connectivity index (χ3v) is 3.46. The van der Waals surface area contributed by atoms with Crippen molar-refractivity contribution in [2.24, 2.45) is 0 Å². The maximum atomic E-state index is 9.90. The second kappa shape index (κ2) is 7.14. The van der Waals surface area contributed by atoms with E-state index in [-0.39, 0.29) is 6.04 Å². The van der Waals surface area contributed by atoms with Crippen molar-refractivity contribution in [2.75, 3.05) is 13.2 Å². The van der Waals surface area contributed by atoms with Gasteiger partial charge in [0.1, 0.15) is 18.1 Å². The van der Waals surface area contributed by atoms with Crippen LogP contribution in [0.1, 0.15) is 29.7 Å². The average Bonchev–Trinajstić information content (AvgIpc) is 2.46. The minimum atomic E-state index is 0.0889. The molecule has 112 valence electrons. The highest BCUT2D eigenvalue weighted by Gasteiger charge is 2.09. The third-order valence-electron chi connectivity index (χ3n) is 3.46. The second-order valence-corrected chi connectivity index (χ2v) is 5.40. The molecule has 3 nitrogen and oxygen atoms in total. The van der Waals surface area contributed by atoms with E-state index in [1.165, 1.54) is 5.56 Å². The highest BCUT2D eigenvalue weighted by atomic mass is 16.5. The van der Waals surface area contributed by atoms with E-state index in [1.807, 2.05) is 57.2 Å². The minimum Gasteiger partial charge on any atom is -0.508 e. The maximum Gasteiger partial charge on any atom is 0.120 e. The Labute approximate surface area is 126 Å². The van der Waals surface area contributed by atoms with Crippen molar-refractivity contribution in [1.82, 2.24) is 5.32 Å². The van der Waals surface area contributed by atoms with Crippen LogP contribution >= 0.6 is 0 Å². The molecule has 0 amide bonds. The molecule has 0 radical (unpaired) electrons. The van der Waals surface area contributed by atoms with Gasteiger partial charge in [-0.1, -0.05) is 29.8 Å². The number of ether oxygens (including phenoxy) is 1. The van der Waals surface area contributed by atoms with E-state index < -0.39 is 0 Å². The van der Waals surface area contributed by atoms with E-state index in [0.717, 1.165) is 23.4 Å². The molecule has 2 aromatic rings. The van der Waals surface area contributed by atoms with Crippen LogP contribution in [0.5, 0.6) is 11.5 Å². The molecular weight excluding hydrogens is 262 g/mol. The monoisotopic (exact) mass is 285 g/mol. The molecule has 0 aliphatic heterocycles. The number of aromatic hydroxyl groups is 1. The van der Waals surface area contributed by atoms with E-state index in [1.54, 1.807) is 6.07 Å². The molecule has 0 fully saturated rings. The molecule has 1 atom stereocenters. The summed E-state index contributed by atoms with van der Waals surface area (Å²) in [5, 5.41) is 13.3. The fourth-order valence-corrected chi connectivity index (χ4v) is 2.28. The van der Waals surface area contributed by atoms with Crippen LogP contribution in [0.25, 0.3) is 0 Å². The first-order chi connectivity index (χ1) is 10.1. The maximum absolute atomic E-state index is 9.90. The molecule has 2 rings (SSSR count). The van der Waals surface area contributed by atoms with Crippen molar-refractivity contribution < 1.29 is 9.84 Å². The van der Waals surface area contributed by atoms with Gasteiger partial charge in [-0.3, -0.25) is 0 Å². The Kier molecular flexibility index (Phi) is 5.23. The molecule has 2 N–H and O–H groups in total. The lowest BCUT2D eigenvalue weighted by atomic mass is 10.0. The molecule has 0 saturated heterocycles. The van der Waals surface area contributed by atoms with E-state index in [9.17, 15) is 5.11 Å². The van der Waals surface area contributed by atoms with Crippen molar-refractivity contribution in [3.63, 3.8) is 0 Å². The first-order valence-electron chi connectivity index (χ1n) is 7.28. The summed E-state index contributed by atoms with van der Waals surface area (Å²) < 4.78 is 5.70. The standard InChI is InChI=1S/C18H23NO2/c1-13-5-4-6-16(11-13)21-10-9-19-15(3)17-12-14(2)7-8-18(17)20/h4-8,11-12,15,19-20H,9-10H2,1-3H3. The summed E-state index contributed by atoms with van der Waals surface area (Å²) in [6.07, 6.45) is 0. The Balaban J connectivity index is 1.82. The van der Waals surface area contributed by atoms with Gasteiger partial charge in [-0.2, -0.15) is 0 Å². The van der Waals surface area contributed by atoms with Crippen LogP contribution in [0.15, 0.2) is 42.5 Å². The lowest BCUT2D eigenvalue weighted by Crippen LogP contribution is -2.24. The van der Waals surface area contributed by atoms with Crippen LogP contribution in [0.4, 0.5) is 0 Å². The van der Waals surface area contributed by atoms with Crippen molar-refractivity contribution in [3.8, 4) is 11.5 Å². The lowest BCUT2D eigenvalue weighted by Gasteiger charge is -2.16. The molecular formula is C18H23NO2. The number of rotatable bonds is 6. The number of hydrogen-bond donors (Lipinski definition) is 2. The van der Waals surface area contributed by atoms with Crippen LogP contribution < -0.4 is 10.1 Å². The smallest absolute Gasteiger partial charge is 0.120 e. The molecule has 0 aromatic heterocycles. The van der Waals surface area contributed by atoms with E-state index >= 15 is 0 Å². The van der Waals surface area contributed by atoms with E-state index in [4.69, 9.17) is 4.74 Å². The minimum absolute atomic E-state index is 0.0889. The lowest BCUT2D eigenvalue weighted by molar-refractivity contribution is 0.306. The Morgan fingerprint density at radius 3 is 2.62 bits per heavy atom. The zero-order chi connectivity index (χ0) is 15.2. The predicted molar refractivity (Wildman–Crippen MR) is 85.9 cm³/mol. The van der Waals surface area contributed by atoms with E-state index in [0.29, 0.717) is 12.4 Å². The Morgan fingerprint density at radius 2 is 1.86 bits per heavy atom. The zero-order valence-electron chi connectivity index (χ0n) is 12.9. The summed E-state index contributed by atoms with van der Waals surface area (Å²) in [5.74, 6) is 1.23. The second-order valence-electron chi connectivity index (χ2n) is 5.40. The van der Waals surface area contributed by atoms with Gasteiger partial charge < -0.3 is 15.2 Å². The zero-order valence-corrected chi connectivity index (χ0v) is 12.9. The van der Waals surface area contributed by atoms with Crippen LogP contribution in [-0.2, 0) is 0 Å². The van der Waals surface area contributed by atoms with Gasteiger partial charge in [0.25, 0.3) is 0 Å². The summed E-state index contributed by atoms with van der Waals surface area (Å²) in [5.41, 5.74) is 3.26. The molecule has 2 aromatic carbocycles. The van der Waals surface area contributed by atoms with Gasteiger partial charge in [-0.25, -0.2) is 0 Å². The van der Waals surface area contributed by atoms with Gasteiger partial charge >= 0.3 is 0 Å². The number of phenolic OH excluding ortho intramolecular Hbond substituents is 1. The molecule has 0 aliphatic carbocycles. The first kappa shape index (κ1) is 15.4. The third kappa shape index (κ3) is 4.50. The van der Waals surface area contributed by atoms with Gasteiger partial charge in [0.15, 0.2) is 0 Å². The van der Waals surface area contributed by atoms with Gasteiger partial charge in [0.2, 0.25) is 0 Å². The van der Waals surface area contributed by atoms with E-state index in [2.05, 4.69) is 5.32 Å². The van der Waals surface area contributed by atoms with Crippen LogP contribution in [-0.4, -0.2) is 18.3 Å². The fourth-order valence-electron chi connectivity index (χ4n) is 2.28. The quantitative estimate of drug-likeness (QED) is 0.794. The van der Waals surface area contributed by atoms with Crippen molar-refractivity contribution in [1.29, 1.82) is 0 Å². The van der Waals surface area contributed by atoms with Crippen LogP contribution in [0.2, 0.25) is 0 Å². The summed E-state index contributed by atoms with van der Waals surface area (Å²) in [6.45, 7) is 7.44. The van der Waals surface area contributed by atoms with Crippen molar-refractivity contribution >= 4 is 0 Å². The molecule has 1 unspecified atom stereocenters. The van der Waals surface area contributed by atoms with Crippen LogP contribution in [0.3, 0.4) is 0 Å². The van der Waals surface area contributed by atoms with Crippen molar-refractivity contribution in [2.45, 2.75) is 26.8 Å². The first-order valence-corrected chi connectivity index (χ1v) is 7.28. The van der Waals surface area contributed by atoms with Crippen molar-refractivity contribution in [3.05, 3.63) is 59.2 Å². The number of phenols is 1. The van der Waals surface area contributed by atoms with Gasteiger partial charge in [0, 0.05) is 18.2 Å². The SMILES string of the molecule is Cc1cccc(OCCNC(C)c2cc(C)ccc2O)c1. The molecule has 21 heavy (non-hydrogen) atoms. The summed E-state index contributed by atoms with van der Waals surface area (Å²) >= 11 is 0. The molecule has 0 heterocycles. The Hall–Kier alpha value is -2.00. The van der Waals surface area contributed by atoms with Crippen LogP contribution in [0, 0.1) is 13.8 Å². The average molecular weight is 285 g/mol. The Bertz CT molecular complexity index is 596. The van der Waals surface area contributed by atoms with Gasteiger partial charge in [-0.15, -0.1) is 0 Å². The molecule has 0 aliphatic rings. The van der Waals surface area contributed by atoms with Gasteiger partial charge in [0.05, 0.1) is 0 Å². The topological polar surface area (TPSA) is 41.5 Å².